The minimum atomic E-state index is 0.758. The molecule has 0 saturated carbocycles. The summed E-state index contributed by atoms with van der Waals surface area (Å²) in [5.41, 5.74) is 6.71. The van der Waals surface area contributed by atoms with Crippen LogP contribution < -0.4 is 5.73 Å². The number of anilines is 1. The smallest absolute Gasteiger partial charge is 0.0629 e. The molecule has 0 atom stereocenters. The molecule has 5 heteroatoms. The summed E-state index contributed by atoms with van der Waals surface area (Å²) in [5, 5.41) is 6.29. The Morgan fingerprint density at radius 1 is 1.17 bits per heavy atom. The maximum absolute atomic E-state index is 5.96. The summed E-state index contributed by atoms with van der Waals surface area (Å²) in [5.74, 6) is 0. The Hall–Kier alpha value is -2.01. The predicted molar refractivity (Wildman–Crippen MR) is 73.5 cm³/mol. The lowest BCUT2D eigenvalue weighted by molar-refractivity contribution is 0.766. The molecule has 0 aliphatic rings. The van der Waals surface area contributed by atoms with Crippen LogP contribution in [0, 0.1) is 0 Å². The molecule has 4 nitrogen and oxygen atoms in total. The van der Waals surface area contributed by atoms with Crippen molar-refractivity contribution in [2.75, 3.05) is 5.73 Å². The number of benzene rings is 1. The van der Waals surface area contributed by atoms with Gasteiger partial charge in [0.25, 0.3) is 0 Å². The lowest BCUT2D eigenvalue weighted by atomic mass is 10.1. The second kappa shape index (κ2) is 4.34. The monoisotopic (exact) mass is 256 g/mol. The van der Waals surface area contributed by atoms with Gasteiger partial charge in [-0.3, -0.25) is 9.67 Å². The van der Waals surface area contributed by atoms with Crippen molar-refractivity contribution in [3.63, 3.8) is 0 Å². The number of nitrogens with zero attached hydrogens (tertiary/aromatic N) is 3. The molecular weight excluding hydrogens is 244 g/mol. The number of nitrogens with two attached hydrogens (primary N) is 1. The average molecular weight is 256 g/mol. The SMILES string of the molecule is Cn1cc(Sc2ccc(N)c3cnccc23)cn1. The van der Waals surface area contributed by atoms with Crippen molar-refractivity contribution < 1.29 is 0 Å². The van der Waals surface area contributed by atoms with E-state index in [2.05, 4.69) is 10.1 Å². The molecule has 18 heavy (non-hydrogen) atoms. The van der Waals surface area contributed by atoms with E-state index in [0.29, 0.717) is 0 Å². The van der Waals surface area contributed by atoms with E-state index in [4.69, 9.17) is 5.73 Å². The molecule has 1 aromatic carbocycles. The molecule has 3 rings (SSSR count). The van der Waals surface area contributed by atoms with Gasteiger partial charge in [-0.15, -0.1) is 0 Å². The zero-order valence-electron chi connectivity index (χ0n) is 9.87. The Balaban J connectivity index is 2.09. The molecule has 90 valence electrons. The maximum atomic E-state index is 5.96. The van der Waals surface area contributed by atoms with Crippen molar-refractivity contribution in [2.24, 2.45) is 7.05 Å². The van der Waals surface area contributed by atoms with Crippen LogP contribution in [0.5, 0.6) is 0 Å². The van der Waals surface area contributed by atoms with Crippen LogP contribution in [0.25, 0.3) is 10.8 Å². The van der Waals surface area contributed by atoms with E-state index in [1.165, 1.54) is 0 Å². The van der Waals surface area contributed by atoms with Gasteiger partial charge < -0.3 is 5.73 Å². The van der Waals surface area contributed by atoms with Gasteiger partial charge in [-0.2, -0.15) is 5.10 Å². The van der Waals surface area contributed by atoms with Gasteiger partial charge in [-0.1, -0.05) is 11.8 Å². The van der Waals surface area contributed by atoms with Crippen molar-refractivity contribution in [1.29, 1.82) is 0 Å². The molecule has 0 unspecified atom stereocenters. The lowest BCUT2D eigenvalue weighted by Crippen LogP contribution is -1.88. The minimum absolute atomic E-state index is 0.758. The summed E-state index contributed by atoms with van der Waals surface area (Å²) in [6, 6.07) is 5.95. The highest BCUT2D eigenvalue weighted by Gasteiger charge is 2.06. The molecule has 0 fully saturated rings. The van der Waals surface area contributed by atoms with Crippen molar-refractivity contribution in [3.8, 4) is 0 Å². The third kappa shape index (κ3) is 1.93. The van der Waals surface area contributed by atoms with E-state index in [1.807, 2.05) is 37.6 Å². The fourth-order valence-electron chi connectivity index (χ4n) is 1.85. The molecule has 0 spiro atoms. The first-order chi connectivity index (χ1) is 8.74. The number of aromatic nitrogens is 3. The van der Waals surface area contributed by atoms with E-state index in [9.17, 15) is 0 Å². The number of hydrogen-bond acceptors (Lipinski definition) is 4. The van der Waals surface area contributed by atoms with Crippen LogP contribution in [-0.4, -0.2) is 14.8 Å². The molecule has 0 saturated heterocycles. The summed E-state index contributed by atoms with van der Waals surface area (Å²) < 4.78 is 1.80. The highest BCUT2D eigenvalue weighted by molar-refractivity contribution is 7.99. The van der Waals surface area contributed by atoms with Crippen LogP contribution in [0.4, 0.5) is 5.69 Å². The van der Waals surface area contributed by atoms with Gasteiger partial charge >= 0.3 is 0 Å². The molecule has 0 bridgehead atoms. The second-order valence-corrected chi connectivity index (χ2v) is 5.14. The van der Waals surface area contributed by atoms with E-state index in [0.717, 1.165) is 26.3 Å². The summed E-state index contributed by atoms with van der Waals surface area (Å²) >= 11 is 1.68. The van der Waals surface area contributed by atoms with Gasteiger partial charge in [0.2, 0.25) is 0 Å². The molecule has 0 aliphatic heterocycles. The quantitative estimate of drug-likeness (QED) is 0.716. The topological polar surface area (TPSA) is 56.7 Å². The maximum Gasteiger partial charge on any atom is 0.0629 e. The molecular formula is C13H12N4S. The summed E-state index contributed by atoms with van der Waals surface area (Å²) in [7, 11) is 1.91. The van der Waals surface area contributed by atoms with Crippen LogP contribution in [-0.2, 0) is 7.05 Å². The van der Waals surface area contributed by atoms with Gasteiger partial charge in [-0.25, -0.2) is 0 Å². The molecule has 0 radical (unpaired) electrons. The van der Waals surface area contributed by atoms with E-state index in [1.54, 1.807) is 28.8 Å². The number of pyridine rings is 1. The minimum Gasteiger partial charge on any atom is -0.398 e. The molecule has 2 heterocycles. The number of fused-ring (bicyclic) bond motifs is 1. The van der Waals surface area contributed by atoms with Crippen LogP contribution in [0.2, 0.25) is 0 Å². The van der Waals surface area contributed by atoms with E-state index in [-0.39, 0.29) is 0 Å². The fourth-order valence-corrected chi connectivity index (χ4v) is 2.83. The third-order valence-electron chi connectivity index (χ3n) is 2.72. The summed E-state index contributed by atoms with van der Waals surface area (Å²) in [6.07, 6.45) is 7.44. The first-order valence-electron chi connectivity index (χ1n) is 5.53. The molecule has 2 N–H and O–H groups in total. The highest BCUT2D eigenvalue weighted by atomic mass is 32.2. The normalized spacial score (nSPS) is 10.9. The molecule has 0 amide bonds. The van der Waals surface area contributed by atoms with Crippen molar-refractivity contribution in [3.05, 3.63) is 43.0 Å². The number of hydrogen-bond donors (Lipinski definition) is 1. The van der Waals surface area contributed by atoms with Crippen LogP contribution in [0.15, 0.2) is 52.8 Å². The highest BCUT2D eigenvalue weighted by Crippen LogP contribution is 2.34. The number of nitrogen functional groups attached to an aromatic ring is 1. The standard InChI is InChI=1S/C13H12N4S/c1-17-8-9(6-16-17)18-13-3-2-12(14)11-7-15-5-4-10(11)13/h2-8H,14H2,1H3. The predicted octanol–water partition coefficient (Wildman–Crippen LogP) is 2.70. The Kier molecular flexibility index (Phi) is 2.68. The molecule has 2 aromatic heterocycles. The van der Waals surface area contributed by atoms with Crippen molar-refractivity contribution in [2.45, 2.75) is 9.79 Å². The van der Waals surface area contributed by atoms with Crippen LogP contribution >= 0.6 is 11.8 Å². The van der Waals surface area contributed by atoms with Crippen LogP contribution in [0.3, 0.4) is 0 Å². The third-order valence-corrected chi connectivity index (χ3v) is 3.74. The number of aryl methyl sites for hydroxylation is 1. The Morgan fingerprint density at radius 2 is 2.06 bits per heavy atom. The van der Waals surface area contributed by atoms with E-state index >= 15 is 0 Å². The average Bonchev–Trinajstić information content (AvgIpc) is 2.79. The first-order valence-corrected chi connectivity index (χ1v) is 6.34. The van der Waals surface area contributed by atoms with Crippen LogP contribution in [0.1, 0.15) is 0 Å². The van der Waals surface area contributed by atoms with Crippen molar-refractivity contribution >= 4 is 28.2 Å². The lowest BCUT2D eigenvalue weighted by Gasteiger charge is -2.06. The Bertz CT molecular complexity index is 705. The largest absolute Gasteiger partial charge is 0.398 e. The Morgan fingerprint density at radius 3 is 2.83 bits per heavy atom. The molecule has 0 aliphatic carbocycles. The second-order valence-electron chi connectivity index (χ2n) is 4.03. The zero-order valence-corrected chi connectivity index (χ0v) is 10.7. The Labute approximate surface area is 109 Å². The summed E-state index contributed by atoms with van der Waals surface area (Å²) in [6.45, 7) is 0. The van der Waals surface area contributed by atoms with E-state index < -0.39 is 0 Å². The molecule has 3 aromatic rings. The van der Waals surface area contributed by atoms with Gasteiger partial charge in [0.1, 0.15) is 0 Å². The van der Waals surface area contributed by atoms with Gasteiger partial charge in [0, 0.05) is 47.0 Å². The van der Waals surface area contributed by atoms with Gasteiger partial charge in [-0.05, 0) is 18.2 Å². The van der Waals surface area contributed by atoms with Gasteiger partial charge in [0.15, 0.2) is 0 Å². The summed E-state index contributed by atoms with van der Waals surface area (Å²) in [4.78, 5) is 6.39. The van der Waals surface area contributed by atoms with Crippen molar-refractivity contribution in [1.82, 2.24) is 14.8 Å². The fraction of sp³-hybridized carbons (Fsp3) is 0.0769. The first kappa shape index (κ1) is 11.1. The van der Waals surface area contributed by atoms with Gasteiger partial charge in [0.05, 0.1) is 11.1 Å². The zero-order chi connectivity index (χ0) is 12.5. The number of rotatable bonds is 2.